The number of hydrogen-bond acceptors (Lipinski definition) is 6. The minimum atomic E-state index is 0.573. The van der Waals surface area contributed by atoms with Crippen LogP contribution in [0.15, 0.2) is 54.6 Å². The molecule has 0 atom stereocenters. The lowest BCUT2D eigenvalue weighted by atomic mass is 10.1. The van der Waals surface area contributed by atoms with E-state index < -0.39 is 0 Å². The molecule has 0 bridgehead atoms. The summed E-state index contributed by atoms with van der Waals surface area (Å²) >= 11 is 0. The van der Waals surface area contributed by atoms with Gasteiger partial charge < -0.3 is 19.9 Å². The second-order valence-electron chi connectivity index (χ2n) is 7.42. The molecule has 1 aliphatic heterocycles. The Labute approximate surface area is 172 Å². The van der Waals surface area contributed by atoms with Crippen molar-refractivity contribution in [1.82, 2.24) is 14.9 Å². The van der Waals surface area contributed by atoms with Gasteiger partial charge in [-0.3, -0.25) is 0 Å². The summed E-state index contributed by atoms with van der Waals surface area (Å²) in [5.74, 6) is 2.29. The SMILES string of the molecule is COc1ccc(C)cc1Nc1nc(-c2ccccc2)cc(N2CCN(C)CC2)n1. The molecular formula is C23H27N5O. The minimum absolute atomic E-state index is 0.573. The number of hydrogen-bond donors (Lipinski definition) is 1. The molecule has 0 amide bonds. The normalized spacial score (nSPS) is 14.7. The Morgan fingerprint density at radius 1 is 0.931 bits per heavy atom. The smallest absolute Gasteiger partial charge is 0.229 e. The number of likely N-dealkylation sites (N-methyl/N-ethyl adjacent to an activating group) is 1. The average Bonchev–Trinajstić information content (AvgIpc) is 2.75. The van der Waals surface area contributed by atoms with Crippen LogP contribution in [-0.4, -0.2) is 55.2 Å². The van der Waals surface area contributed by atoms with E-state index in [0.29, 0.717) is 5.95 Å². The van der Waals surface area contributed by atoms with Gasteiger partial charge in [0.15, 0.2) is 0 Å². The van der Waals surface area contributed by atoms with Crippen molar-refractivity contribution < 1.29 is 4.74 Å². The van der Waals surface area contributed by atoms with Crippen LogP contribution in [0, 0.1) is 6.92 Å². The number of nitrogens with one attached hydrogen (secondary N) is 1. The Hall–Kier alpha value is -3.12. The van der Waals surface area contributed by atoms with Crippen molar-refractivity contribution in [1.29, 1.82) is 0 Å². The van der Waals surface area contributed by atoms with Crippen LogP contribution in [0.2, 0.25) is 0 Å². The third-order valence-corrected chi connectivity index (χ3v) is 5.21. The van der Waals surface area contributed by atoms with E-state index in [-0.39, 0.29) is 0 Å². The van der Waals surface area contributed by atoms with E-state index in [1.165, 1.54) is 0 Å². The highest BCUT2D eigenvalue weighted by Gasteiger charge is 2.18. The van der Waals surface area contributed by atoms with Gasteiger partial charge in [0.1, 0.15) is 11.6 Å². The van der Waals surface area contributed by atoms with Crippen molar-refractivity contribution in [2.24, 2.45) is 0 Å². The number of methoxy groups -OCH3 is 1. The molecule has 150 valence electrons. The fraction of sp³-hybridized carbons (Fsp3) is 0.304. The molecule has 1 saturated heterocycles. The zero-order valence-corrected chi connectivity index (χ0v) is 17.2. The third-order valence-electron chi connectivity index (χ3n) is 5.21. The molecule has 2 aromatic carbocycles. The first-order valence-electron chi connectivity index (χ1n) is 9.92. The molecular weight excluding hydrogens is 362 g/mol. The number of rotatable bonds is 5. The number of aromatic nitrogens is 2. The van der Waals surface area contributed by atoms with E-state index in [4.69, 9.17) is 14.7 Å². The summed E-state index contributed by atoms with van der Waals surface area (Å²) < 4.78 is 5.51. The fourth-order valence-corrected chi connectivity index (χ4v) is 3.48. The van der Waals surface area contributed by atoms with E-state index in [0.717, 1.165) is 60.3 Å². The van der Waals surface area contributed by atoms with Gasteiger partial charge in [-0.25, -0.2) is 4.98 Å². The predicted molar refractivity (Wildman–Crippen MR) is 118 cm³/mol. The van der Waals surface area contributed by atoms with Crippen LogP contribution in [0.1, 0.15) is 5.56 Å². The Morgan fingerprint density at radius 3 is 2.41 bits per heavy atom. The van der Waals surface area contributed by atoms with Crippen molar-refractivity contribution in [2.45, 2.75) is 6.92 Å². The highest BCUT2D eigenvalue weighted by molar-refractivity contribution is 5.69. The summed E-state index contributed by atoms with van der Waals surface area (Å²) in [4.78, 5) is 14.3. The van der Waals surface area contributed by atoms with Crippen LogP contribution in [0.5, 0.6) is 5.75 Å². The summed E-state index contributed by atoms with van der Waals surface area (Å²) in [5, 5.41) is 3.38. The molecule has 0 aliphatic carbocycles. The van der Waals surface area contributed by atoms with Gasteiger partial charge in [-0.05, 0) is 31.7 Å². The van der Waals surface area contributed by atoms with E-state index in [2.05, 4.69) is 47.3 Å². The van der Waals surface area contributed by atoms with E-state index >= 15 is 0 Å². The molecule has 1 aliphatic rings. The molecule has 6 nitrogen and oxygen atoms in total. The first-order chi connectivity index (χ1) is 14.1. The summed E-state index contributed by atoms with van der Waals surface area (Å²) in [5.41, 5.74) is 3.99. The first-order valence-corrected chi connectivity index (χ1v) is 9.92. The number of piperazine rings is 1. The van der Waals surface area contributed by atoms with Gasteiger partial charge in [-0.1, -0.05) is 36.4 Å². The first kappa shape index (κ1) is 19.2. The van der Waals surface area contributed by atoms with E-state index in [9.17, 15) is 0 Å². The number of aryl methyl sites for hydroxylation is 1. The van der Waals surface area contributed by atoms with Crippen molar-refractivity contribution in [2.75, 3.05) is 50.6 Å². The monoisotopic (exact) mass is 389 g/mol. The van der Waals surface area contributed by atoms with E-state index in [1.807, 2.05) is 36.4 Å². The zero-order chi connectivity index (χ0) is 20.2. The van der Waals surface area contributed by atoms with Crippen LogP contribution in [0.25, 0.3) is 11.3 Å². The lowest BCUT2D eigenvalue weighted by Crippen LogP contribution is -2.44. The second kappa shape index (κ2) is 8.49. The molecule has 2 heterocycles. The highest BCUT2D eigenvalue weighted by Crippen LogP contribution is 2.30. The lowest BCUT2D eigenvalue weighted by molar-refractivity contribution is 0.312. The number of benzene rings is 2. The maximum atomic E-state index is 5.51. The molecule has 1 N–H and O–H groups in total. The summed E-state index contributed by atoms with van der Waals surface area (Å²) in [7, 11) is 3.83. The maximum absolute atomic E-state index is 5.51. The van der Waals surface area contributed by atoms with E-state index in [1.54, 1.807) is 7.11 Å². The molecule has 0 spiro atoms. The minimum Gasteiger partial charge on any atom is -0.495 e. The van der Waals surface area contributed by atoms with Crippen molar-refractivity contribution in [3.05, 3.63) is 60.2 Å². The lowest BCUT2D eigenvalue weighted by Gasteiger charge is -2.33. The Morgan fingerprint density at radius 2 is 1.69 bits per heavy atom. The molecule has 0 unspecified atom stereocenters. The maximum Gasteiger partial charge on any atom is 0.229 e. The van der Waals surface area contributed by atoms with Gasteiger partial charge >= 0.3 is 0 Å². The quantitative estimate of drug-likeness (QED) is 0.713. The topological polar surface area (TPSA) is 53.5 Å². The molecule has 4 rings (SSSR count). The fourth-order valence-electron chi connectivity index (χ4n) is 3.48. The van der Waals surface area contributed by atoms with Crippen LogP contribution in [0.3, 0.4) is 0 Å². The van der Waals surface area contributed by atoms with Crippen molar-refractivity contribution in [3.63, 3.8) is 0 Å². The summed E-state index contributed by atoms with van der Waals surface area (Å²) in [6, 6.07) is 18.4. The summed E-state index contributed by atoms with van der Waals surface area (Å²) in [6.45, 7) is 6.02. The zero-order valence-electron chi connectivity index (χ0n) is 17.2. The van der Waals surface area contributed by atoms with Crippen LogP contribution >= 0.6 is 0 Å². The molecule has 1 fully saturated rings. The second-order valence-corrected chi connectivity index (χ2v) is 7.42. The average molecular weight is 390 g/mol. The van der Waals surface area contributed by atoms with Crippen LogP contribution in [0.4, 0.5) is 17.5 Å². The van der Waals surface area contributed by atoms with Crippen molar-refractivity contribution >= 4 is 17.5 Å². The molecule has 0 radical (unpaired) electrons. The Kier molecular flexibility index (Phi) is 5.62. The van der Waals surface area contributed by atoms with Crippen LogP contribution < -0.4 is 15.0 Å². The number of anilines is 3. The summed E-state index contributed by atoms with van der Waals surface area (Å²) in [6.07, 6.45) is 0. The van der Waals surface area contributed by atoms with Gasteiger partial charge in [0.25, 0.3) is 0 Å². The predicted octanol–water partition coefficient (Wildman–Crippen LogP) is 3.96. The Bertz CT molecular complexity index is 968. The standard InChI is InChI=1S/C23H27N5O/c1-17-9-10-21(29-3)20(15-17)25-23-24-19(18-7-5-4-6-8-18)16-22(26-23)28-13-11-27(2)12-14-28/h4-10,15-16H,11-14H2,1-3H3,(H,24,25,26). The highest BCUT2D eigenvalue weighted by atomic mass is 16.5. The van der Waals surface area contributed by atoms with Gasteiger partial charge in [-0.15, -0.1) is 0 Å². The molecule has 6 heteroatoms. The molecule has 0 saturated carbocycles. The van der Waals surface area contributed by atoms with Gasteiger partial charge in [-0.2, -0.15) is 4.98 Å². The van der Waals surface area contributed by atoms with Gasteiger partial charge in [0.2, 0.25) is 5.95 Å². The molecule has 1 aromatic heterocycles. The third kappa shape index (κ3) is 4.49. The Balaban J connectivity index is 1.73. The molecule has 3 aromatic rings. The number of ether oxygens (including phenoxy) is 1. The molecule has 29 heavy (non-hydrogen) atoms. The largest absolute Gasteiger partial charge is 0.495 e. The van der Waals surface area contributed by atoms with Crippen molar-refractivity contribution in [3.8, 4) is 17.0 Å². The number of nitrogens with zero attached hydrogens (tertiary/aromatic N) is 4. The van der Waals surface area contributed by atoms with Gasteiger partial charge in [0, 0.05) is 37.8 Å². The van der Waals surface area contributed by atoms with Gasteiger partial charge in [0.05, 0.1) is 18.5 Å². The van der Waals surface area contributed by atoms with Crippen LogP contribution in [-0.2, 0) is 0 Å².